The van der Waals surface area contributed by atoms with Crippen LogP contribution in [0.15, 0.2) is 29.7 Å². The molecule has 0 aromatic carbocycles. The molecule has 1 N–H and O–H groups in total. The van der Waals surface area contributed by atoms with Crippen LogP contribution in [0.1, 0.15) is 36.8 Å². The number of nitrogens with zero attached hydrogens (tertiary/aromatic N) is 1. The Bertz CT molecular complexity index is 509. The zero-order valence-electron chi connectivity index (χ0n) is 11.4. The van der Waals surface area contributed by atoms with Gasteiger partial charge in [-0.3, -0.25) is 9.59 Å². The standard InChI is InChI=1S/C14H20N2O2/c1-6-7-16(14(3,4)5)13(18)11-9-15-10(2)8-12(11)17/h6,8-9H,1,7H2,2-5H3,(H,15,17). The number of hydrogen-bond acceptors (Lipinski definition) is 2. The number of aryl methyl sites for hydroxylation is 1. The van der Waals surface area contributed by atoms with Crippen LogP contribution in [-0.4, -0.2) is 27.9 Å². The molecule has 0 bridgehead atoms. The van der Waals surface area contributed by atoms with Gasteiger partial charge in [0.05, 0.1) is 0 Å². The lowest BCUT2D eigenvalue weighted by atomic mass is 10.0. The number of amides is 1. The highest BCUT2D eigenvalue weighted by Crippen LogP contribution is 2.15. The summed E-state index contributed by atoms with van der Waals surface area (Å²) in [5.41, 5.74) is 0.289. The molecule has 0 aliphatic heterocycles. The van der Waals surface area contributed by atoms with E-state index in [-0.39, 0.29) is 22.4 Å². The lowest BCUT2D eigenvalue weighted by molar-refractivity contribution is 0.0615. The first-order chi connectivity index (χ1) is 8.27. The number of aromatic nitrogens is 1. The van der Waals surface area contributed by atoms with Gasteiger partial charge in [0.15, 0.2) is 5.43 Å². The topological polar surface area (TPSA) is 53.2 Å². The number of rotatable bonds is 3. The second-order valence-corrected chi connectivity index (χ2v) is 5.27. The first kappa shape index (κ1) is 14.2. The van der Waals surface area contributed by atoms with E-state index in [1.165, 1.54) is 12.3 Å². The van der Waals surface area contributed by atoms with Gasteiger partial charge in [0.1, 0.15) is 5.56 Å². The van der Waals surface area contributed by atoms with E-state index in [2.05, 4.69) is 11.6 Å². The van der Waals surface area contributed by atoms with Crippen molar-refractivity contribution >= 4 is 5.91 Å². The van der Waals surface area contributed by atoms with E-state index in [1.54, 1.807) is 17.9 Å². The van der Waals surface area contributed by atoms with Crippen molar-refractivity contribution in [2.45, 2.75) is 33.2 Å². The van der Waals surface area contributed by atoms with Gasteiger partial charge >= 0.3 is 0 Å². The van der Waals surface area contributed by atoms with Crippen LogP contribution >= 0.6 is 0 Å². The minimum absolute atomic E-state index is 0.164. The zero-order chi connectivity index (χ0) is 13.9. The van der Waals surface area contributed by atoms with Crippen molar-refractivity contribution in [2.24, 2.45) is 0 Å². The molecule has 18 heavy (non-hydrogen) atoms. The number of pyridine rings is 1. The van der Waals surface area contributed by atoms with Crippen LogP contribution in [0, 0.1) is 6.92 Å². The van der Waals surface area contributed by atoms with Crippen molar-refractivity contribution in [3.8, 4) is 0 Å². The molecular formula is C14H20N2O2. The van der Waals surface area contributed by atoms with Crippen molar-refractivity contribution in [1.29, 1.82) is 0 Å². The second kappa shape index (κ2) is 5.21. The van der Waals surface area contributed by atoms with Gasteiger partial charge in [-0.15, -0.1) is 6.58 Å². The highest BCUT2D eigenvalue weighted by molar-refractivity contribution is 5.94. The van der Waals surface area contributed by atoms with Gasteiger partial charge in [-0.25, -0.2) is 0 Å². The fourth-order valence-corrected chi connectivity index (χ4v) is 1.68. The van der Waals surface area contributed by atoms with Crippen LogP contribution < -0.4 is 5.43 Å². The molecule has 1 amide bonds. The molecule has 0 atom stereocenters. The smallest absolute Gasteiger partial charge is 0.260 e. The van der Waals surface area contributed by atoms with Gasteiger partial charge in [-0.2, -0.15) is 0 Å². The summed E-state index contributed by atoms with van der Waals surface area (Å²) < 4.78 is 0. The summed E-state index contributed by atoms with van der Waals surface area (Å²) in [6, 6.07) is 1.43. The van der Waals surface area contributed by atoms with E-state index >= 15 is 0 Å². The summed E-state index contributed by atoms with van der Waals surface area (Å²) in [5, 5.41) is 0. The fraction of sp³-hybridized carbons (Fsp3) is 0.429. The fourth-order valence-electron chi connectivity index (χ4n) is 1.68. The van der Waals surface area contributed by atoms with Gasteiger partial charge in [0, 0.05) is 30.0 Å². The van der Waals surface area contributed by atoms with Crippen molar-refractivity contribution in [3.63, 3.8) is 0 Å². The molecule has 4 nitrogen and oxygen atoms in total. The molecule has 0 fully saturated rings. The summed E-state index contributed by atoms with van der Waals surface area (Å²) in [4.78, 5) is 28.7. The Hall–Kier alpha value is -1.84. The van der Waals surface area contributed by atoms with E-state index in [9.17, 15) is 9.59 Å². The summed E-state index contributed by atoms with van der Waals surface area (Å²) >= 11 is 0. The lowest BCUT2D eigenvalue weighted by Crippen LogP contribution is -2.47. The average Bonchev–Trinajstić information content (AvgIpc) is 2.23. The maximum absolute atomic E-state index is 12.4. The summed E-state index contributed by atoms with van der Waals surface area (Å²) in [7, 11) is 0. The molecule has 1 aromatic heterocycles. The molecule has 98 valence electrons. The Morgan fingerprint density at radius 2 is 2.11 bits per heavy atom. The van der Waals surface area contributed by atoms with E-state index in [0.717, 1.165) is 5.69 Å². The SMILES string of the molecule is C=CCN(C(=O)c1c[nH]c(C)cc1=O)C(C)(C)C. The van der Waals surface area contributed by atoms with Gasteiger partial charge in [-0.1, -0.05) is 6.08 Å². The number of carbonyl (C=O) groups excluding carboxylic acids is 1. The van der Waals surface area contributed by atoms with Gasteiger partial charge < -0.3 is 9.88 Å². The number of hydrogen-bond donors (Lipinski definition) is 1. The van der Waals surface area contributed by atoms with Crippen molar-refractivity contribution in [3.05, 3.63) is 46.4 Å². The van der Waals surface area contributed by atoms with Crippen LogP contribution in [-0.2, 0) is 0 Å². The third kappa shape index (κ3) is 3.09. The Labute approximate surface area is 107 Å². The van der Waals surface area contributed by atoms with E-state index in [0.29, 0.717) is 6.54 Å². The van der Waals surface area contributed by atoms with Crippen LogP contribution in [0.4, 0.5) is 0 Å². The largest absolute Gasteiger partial charge is 0.364 e. The van der Waals surface area contributed by atoms with Gasteiger partial charge in [-0.05, 0) is 27.7 Å². The number of carbonyl (C=O) groups is 1. The predicted molar refractivity (Wildman–Crippen MR) is 72.8 cm³/mol. The summed E-state index contributed by atoms with van der Waals surface area (Å²) in [6.45, 7) is 11.6. The Kier molecular flexibility index (Phi) is 4.11. The molecule has 0 radical (unpaired) electrons. The Balaban J connectivity index is 3.18. The Morgan fingerprint density at radius 1 is 1.50 bits per heavy atom. The minimum Gasteiger partial charge on any atom is -0.364 e. The monoisotopic (exact) mass is 248 g/mol. The second-order valence-electron chi connectivity index (χ2n) is 5.27. The normalized spacial score (nSPS) is 11.1. The van der Waals surface area contributed by atoms with Gasteiger partial charge in [0.2, 0.25) is 0 Å². The lowest BCUT2D eigenvalue weighted by Gasteiger charge is -2.34. The van der Waals surface area contributed by atoms with E-state index < -0.39 is 0 Å². The summed E-state index contributed by atoms with van der Waals surface area (Å²) in [6.07, 6.45) is 3.13. The third-order valence-electron chi connectivity index (χ3n) is 2.65. The van der Waals surface area contributed by atoms with E-state index in [4.69, 9.17) is 0 Å². The van der Waals surface area contributed by atoms with Gasteiger partial charge in [0.25, 0.3) is 5.91 Å². The maximum atomic E-state index is 12.4. The molecule has 1 aromatic rings. The average molecular weight is 248 g/mol. The Morgan fingerprint density at radius 3 is 2.56 bits per heavy atom. The number of H-pyrrole nitrogens is 1. The van der Waals surface area contributed by atoms with Crippen LogP contribution in [0.3, 0.4) is 0 Å². The first-order valence-corrected chi connectivity index (χ1v) is 5.89. The molecule has 0 saturated heterocycles. The molecule has 0 aliphatic carbocycles. The predicted octanol–water partition coefficient (Wildman–Crippen LogP) is 2.11. The van der Waals surface area contributed by atoms with E-state index in [1.807, 2.05) is 20.8 Å². The van der Waals surface area contributed by atoms with Crippen LogP contribution in [0.2, 0.25) is 0 Å². The van der Waals surface area contributed by atoms with Crippen molar-refractivity contribution < 1.29 is 4.79 Å². The quantitative estimate of drug-likeness (QED) is 0.833. The highest BCUT2D eigenvalue weighted by atomic mass is 16.2. The number of aromatic amines is 1. The molecule has 0 saturated carbocycles. The van der Waals surface area contributed by atoms with Crippen molar-refractivity contribution in [2.75, 3.05) is 6.54 Å². The molecular weight excluding hydrogens is 228 g/mol. The first-order valence-electron chi connectivity index (χ1n) is 5.89. The summed E-state index contributed by atoms with van der Waals surface area (Å²) in [5.74, 6) is -0.274. The third-order valence-corrected chi connectivity index (χ3v) is 2.65. The number of nitrogens with one attached hydrogen (secondary N) is 1. The molecule has 0 unspecified atom stereocenters. The molecule has 0 aliphatic rings. The molecule has 1 heterocycles. The molecule has 4 heteroatoms. The zero-order valence-corrected chi connectivity index (χ0v) is 11.4. The van der Waals surface area contributed by atoms with Crippen LogP contribution in [0.5, 0.6) is 0 Å². The van der Waals surface area contributed by atoms with Crippen molar-refractivity contribution in [1.82, 2.24) is 9.88 Å². The molecule has 1 rings (SSSR count). The van der Waals surface area contributed by atoms with Crippen LogP contribution in [0.25, 0.3) is 0 Å². The minimum atomic E-state index is -0.359. The molecule has 0 spiro atoms. The maximum Gasteiger partial charge on any atom is 0.260 e. The highest BCUT2D eigenvalue weighted by Gasteiger charge is 2.27.